The number of nitrogens with one attached hydrogen (secondary N) is 1. The summed E-state index contributed by atoms with van der Waals surface area (Å²) >= 11 is 11.2. The van der Waals surface area contributed by atoms with E-state index in [2.05, 4.69) is 17.1 Å². The Morgan fingerprint density at radius 3 is 2.95 bits per heavy atom. The lowest BCUT2D eigenvalue weighted by Gasteiger charge is -2.10. The minimum Gasteiger partial charge on any atom is -0.485 e. The zero-order chi connectivity index (χ0) is 14.5. The molecule has 0 aliphatic rings. The van der Waals surface area contributed by atoms with Crippen LogP contribution >= 0.6 is 23.8 Å². The van der Waals surface area contributed by atoms with Gasteiger partial charge in [0.2, 0.25) is 0 Å². The molecule has 2 aromatic rings. The molecule has 1 aromatic heterocycles. The molecule has 0 unspecified atom stereocenters. The van der Waals surface area contributed by atoms with Gasteiger partial charge in [0.1, 0.15) is 12.4 Å². The molecular formula is C14H18ClN3OS. The van der Waals surface area contributed by atoms with Gasteiger partial charge in [0.15, 0.2) is 10.6 Å². The molecule has 0 bridgehead atoms. The summed E-state index contributed by atoms with van der Waals surface area (Å²) in [5, 5.41) is 7.76. The van der Waals surface area contributed by atoms with Crippen LogP contribution in [0.3, 0.4) is 0 Å². The Kier molecular flexibility index (Phi) is 5.20. The van der Waals surface area contributed by atoms with E-state index >= 15 is 0 Å². The van der Waals surface area contributed by atoms with Crippen LogP contribution in [0.15, 0.2) is 18.2 Å². The molecule has 6 heteroatoms. The molecule has 0 spiro atoms. The second-order valence-corrected chi connectivity index (χ2v) is 5.47. The Morgan fingerprint density at radius 1 is 1.45 bits per heavy atom. The van der Waals surface area contributed by atoms with E-state index in [4.69, 9.17) is 28.6 Å². The highest BCUT2D eigenvalue weighted by Crippen LogP contribution is 2.22. The van der Waals surface area contributed by atoms with Crippen molar-refractivity contribution in [3.63, 3.8) is 0 Å². The molecule has 1 aromatic carbocycles. The maximum Gasteiger partial charge on any atom is 0.195 e. The number of aromatic amines is 1. The number of hydrogen-bond acceptors (Lipinski definition) is 3. The van der Waals surface area contributed by atoms with E-state index in [0.29, 0.717) is 16.4 Å². The van der Waals surface area contributed by atoms with Crippen molar-refractivity contribution in [2.45, 2.75) is 39.8 Å². The van der Waals surface area contributed by atoms with Crippen molar-refractivity contribution in [2.24, 2.45) is 0 Å². The Bertz CT molecular complexity index is 636. The molecule has 0 saturated carbocycles. The van der Waals surface area contributed by atoms with Crippen molar-refractivity contribution >= 4 is 23.8 Å². The zero-order valence-corrected chi connectivity index (χ0v) is 13.2. The predicted octanol–water partition coefficient (Wildman–Crippen LogP) is 4.28. The normalized spacial score (nSPS) is 10.8. The molecule has 2 rings (SSSR count). The number of unbranched alkanes of at least 4 members (excludes halogenated alkanes) is 1. The molecule has 0 aliphatic carbocycles. The molecule has 0 saturated heterocycles. The molecule has 0 amide bonds. The lowest BCUT2D eigenvalue weighted by Crippen LogP contribution is -2.08. The number of benzene rings is 1. The van der Waals surface area contributed by atoms with Crippen molar-refractivity contribution in [3.05, 3.63) is 39.4 Å². The first-order valence-corrected chi connectivity index (χ1v) is 7.43. The van der Waals surface area contributed by atoms with Gasteiger partial charge in [-0.15, -0.1) is 0 Å². The molecule has 0 radical (unpaired) electrons. The van der Waals surface area contributed by atoms with Crippen LogP contribution in [0.25, 0.3) is 0 Å². The van der Waals surface area contributed by atoms with E-state index in [1.54, 1.807) is 0 Å². The summed E-state index contributed by atoms with van der Waals surface area (Å²) in [6.07, 6.45) is 2.18. The maximum atomic E-state index is 5.93. The molecule has 4 nitrogen and oxygen atoms in total. The van der Waals surface area contributed by atoms with E-state index in [1.165, 1.54) is 0 Å². The second kappa shape index (κ2) is 6.90. The molecule has 1 heterocycles. The summed E-state index contributed by atoms with van der Waals surface area (Å²) in [6, 6.07) is 5.57. The lowest BCUT2D eigenvalue weighted by atomic mass is 10.2. The van der Waals surface area contributed by atoms with Crippen molar-refractivity contribution in [3.8, 4) is 5.75 Å². The fraction of sp³-hybridized carbons (Fsp3) is 0.429. The summed E-state index contributed by atoms with van der Waals surface area (Å²) < 4.78 is 8.44. The minimum atomic E-state index is 0.388. The molecule has 20 heavy (non-hydrogen) atoms. The van der Waals surface area contributed by atoms with E-state index in [9.17, 15) is 0 Å². The monoisotopic (exact) mass is 311 g/mol. The summed E-state index contributed by atoms with van der Waals surface area (Å²) in [5.41, 5.74) is 1.01. The number of ether oxygens (including phenoxy) is 1. The van der Waals surface area contributed by atoms with Gasteiger partial charge in [0.25, 0.3) is 0 Å². The average Bonchev–Trinajstić information content (AvgIpc) is 2.76. The summed E-state index contributed by atoms with van der Waals surface area (Å²) in [6.45, 7) is 5.37. The van der Waals surface area contributed by atoms with E-state index in [0.717, 1.165) is 36.5 Å². The highest BCUT2D eigenvalue weighted by molar-refractivity contribution is 7.71. The van der Waals surface area contributed by atoms with Crippen LogP contribution in [0, 0.1) is 11.7 Å². The molecule has 108 valence electrons. The first kappa shape index (κ1) is 15.1. The average molecular weight is 312 g/mol. The largest absolute Gasteiger partial charge is 0.485 e. The summed E-state index contributed by atoms with van der Waals surface area (Å²) in [5.74, 6) is 1.63. The van der Waals surface area contributed by atoms with Gasteiger partial charge < -0.3 is 9.30 Å². The first-order valence-electron chi connectivity index (χ1n) is 6.65. The lowest BCUT2D eigenvalue weighted by molar-refractivity contribution is 0.286. The van der Waals surface area contributed by atoms with E-state index in [-0.39, 0.29) is 0 Å². The van der Waals surface area contributed by atoms with Gasteiger partial charge in [-0.25, -0.2) is 0 Å². The molecule has 1 N–H and O–H groups in total. The highest BCUT2D eigenvalue weighted by Gasteiger charge is 2.08. The van der Waals surface area contributed by atoms with Gasteiger partial charge >= 0.3 is 0 Å². The van der Waals surface area contributed by atoms with Crippen molar-refractivity contribution < 1.29 is 4.74 Å². The van der Waals surface area contributed by atoms with Gasteiger partial charge in [-0.05, 0) is 49.3 Å². The maximum absolute atomic E-state index is 5.93. The molecular weight excluding hydrogens is 294 g/mol. The van der Waals surface area contributed by atoms with E-state index in [1.807, 2.05) is 29.7 Å². The summed E-state index contributed by atoms with van der Waals surface area (Å²) in [4.78, 5) is 0. The van der Waals surface area contributed by atoms with E-state index < -0.39 is 0 Å². The summed E-state index contributed by atoms with van der Waals surface area (Å²) in [7, 11) is 0. The number of nitrogens with zero attached hydrogens (tertiary/aromatic N) is 2. The Balaban J connectivity index is 2.09. The molecule has 0 aliphatic heterocycles. The third-order valence-electron chi connectivity index (χ3n) is 3.07. The van der Waals surface area contributed by atoms with Gasteiger partial charge in [0, 0.05) is 11.6 Å². The third-order valence-corrected chi connectivity index (χ3v) is 3.61. The Morgan fingerprint density at radius 2 is 2.25 bits per heavy atom. The fourth-order valence-corrected chi connectivity index (χ4v) is 2.39. The molecule has 0 atom stereocenters. The van der Waals surface area contributed by atoms with Gasteiger partial charge in [0.05, 0.1) is 0 Å². The Labute approximate surface area is 128 Å². The predicted molar refractivity (Wildman–Crippen MR) is 82.8 cm³/mol. The van der Waals surface area contributed by atoms with Crippen LogP contribution in [0.4, 0.5) is 0 Å². The number of aryl methyl sites for hydroxylation is 1. The smallest absolute Gasteiger partial charge is 0.195 e. The third kappa shape index (κ3) is 3.61. The topological polar surface area (TPSA) is 42.8 Å². The standard InChI is InChI=1S/C14H18ClN3OS/c1-3-4-7-18-13(16-17-14(18)20)9-19-12-6-5-11(15)8-10(12)2/h5-6,8H,3-4,7,9H2,1-2H3,(H,17,20). The SMILES string of the molecule is CCCCn1c(COc2ccc(Cl)cc2C)n[nH]c1=S. The van der Waals surface area contributed by atoms with Gasteiger partial charge in [-0.2, -0.15) is 5.10 Å². The van der Waals surface area contributed by atoms with Crippen molar-refractivity contribution in [2.75, 3.05) is 0 Å². The second-order valence-electron chi connectivity index (χ2n) is 4.65. The van der Waals surface area contributed by atoms with Crippen LogP contribution in [-0.4, -0.2) is 14.8 Å². The van der Waals surface area contributed by atoms with Gasteiger partial charge in [-0.3, -0.25) is 5.10 Å². The van der Waals surface area contributed by atoms with Crippen LogP contribution < -0.4 is 4.74 Å². The van der Waals surface area contributed by atoms with Gasteiger partial charge in [-0.1, -0.05) is 24.9 Å². The van der Waals surface area contributed by atoms with Crippen LogP contribution in [-0.2, 0) is 13.2 Å². The van der Waals surface area contributed by atoms with Crippen LogP contribution in [0.2, 0.25) is 5.02 Å². The van der Waals surface area contributed by atoms with Crippen LogP contribution in [0.5, 0.6) is 5.75 Å². The molecule has 0 fully saturated rings. The number of aromatic nitrogens is 3. The number of H-pyrrole nitrogens is 1. The van der Waals surface area contributed by atoms with Crippen molar-refractivity contribution in [1.29, 1.82) is 0 Å². The minimum absolute atomic E-state index is 0.388. The highest BCUT2D eigenvalue weighted by atomic mass is 35.5. The zero-order valence-electron chi connectivity index (χ0n) is 11.6. The Hall–Kier alpha value is -1.33. The van der Waals surface area contributed by atoms with Crippen molar-refractivity contribution in [1.82, 2.24) is 14.8 Å². The number of hydrogen-bond donors (Lipinski definition) is 1. The fourth-order valence-electron chi connectivity index (χ4n) is 1.92. The first-order chi connectivity index (χ1) is 9.61. The number of halogens is 1. The quantitative estimate of drug-likeness (QED) is 0.810. The van der Waals surface area contributed by atoms with Crippen LogP contribution in [0.1, 0.15) is 31.2 Å². The number of rotatable bonds is 6.